The second-order valence-corrected chi connectivity index (χ2v) is 7.81. The van der Waals surface area contributed by atoms with Gasteiger partial charge in [0.05, 0.1) is 19.8 Å². The van der Waals surface area contributed by atoms with Gasteiger partial charge in [-0.25, -0.2) is 0 Å². The van der Waals surface area contributed by atoms with Crippen LogP contribution in [0.15, 0.2) is 0 Å². The molecule has 22 heavy (non-hydrogen) atoms. The molecule has 0 atom stereocenters. The Morgan fingerprint density at radius 2 is 1.68 bits per heavy atom. The first kappa shape index (κ1) is 19.4. The van der Waals surface area contributed by atoms with E-state index in [4.69, 9.17) is 9.47 Å². The standard InChI is InChI=1S/C18H35NO3/c1-18(2,3)14-16-7-5-15(6-8-16)13-17(20)19-9-10-22-12-11-21-4/h15-16H,5-14H2,1-4H3,(H,19,20). The Kier molecular flexibility index (Phi) is 9.03. The number of carbonyl (C=O) groups excluding carboxylic acids is 1. The molecule has 0 aromatic rings. The van der Waals surface area contributed by atoms with E-state index in [0.29, 0.717) is 44.1 Å². The molecule has 0 spiro atoms. The van der Waals surface area contributed by atoms with Crippen molar-refractivity contribution < 1.29 is 14.3 Å². The van der Waals surface area contributed by atoms with E-state index in [2.05, 4.69) is 26.1 Å². The Labute approximate surface area is 136 Å². The summed E-state index contributed by atoms with van der Waals surface area (Å²) < 4.78 is 10.2. The van der Waals surface area contributed by atoms with Crippen LogP contribution in [0.5, 0.6) is 0 Å². The molecule has 1 amide bonds. The molecule has 1 saturated carbocycles. The van der Waals surface area contributed by atoms with Crippen LogP contribution in [-0.2, 0) is 14.3 Å². The molecule has 0 aromatic heterocycles. The van der Waals surface area contributed by atoms with Gasteiger partial charge in [0.15, 0.2) is 0 Å². The molecule has 1 N–H and O–H groups in total. The summed E-state index contributed by atoms with van der Waals surface area (Å²) in [5.41, 5.74) is 0.428. The highest BCUT2D eigenvalue weighted by Crippen LogP contribution is 2.37. The maximum Gasteiger partial charge on any atom is 0.220 e. The normalized spacial score (nSPS) is 22.5. The van der Waals surface area contributed by atoms with Crippen molar-refractivity contribution in [2.24, 2.45) is 17.3 Å². The summed E-state index contributed by atoms with van der Waals surface area (Å²) >= 11 is 0. The summed E-state index contributed by atoms with van der Waals surface area (Å²) in [7, 11) is 1.65. The van der Waals surface area contributed by atoms with E-state index in [9.17, 15) is 4.79 Å². The number of rotatable bonds is 9. The quantitative estimate of drug-likeness (QED) is 0.664. The molecule has 4 heteroatoms. The largest absolute Gasteiger partial charge is 0.382 e. The zero-order valence-electron chi connectivity index (χ0n) is 15.0. The van der Waals surface area contributed by atoms with Crippen molar-refractivity contribution in [1.82, 2.24) is 5.32 Å². The molecule has 1 fully saturated rings. The molecule has 0 aromatic carbocycles. The molecule has 4 nitrogen and oxygen atoms in total. The van der Waals surface area contributed by atoms with E-state index in [0.717, 1.165) is 5.92 Å². The van der Waals surface area contributed by atoms with Crippen molar-refractivity contribution in [2.45, 2.75) is 59.3 Å². The predicted molar refractivity (Wildman–Crippen MR) is 89.8 cm³/mol. The second kappa shape index (κ2) is 10.2. The number of hydrogen-bond acceptors (Lipinski definition) is 3. The average Bonchev–Trinajstić information content (AvgIpc) is 2.43. The molecule has 1 aliphatic carbocycles. The molecule has 0 heterocycles. The maximum absolute atomic E-state index is 11.9. The lowest BCUT2D eigenvalue weighted by Crippen LogP contribution is -2.30. The number of carbonyl (C=O) groups is 1. The Bertz CT molecular complexity index is 304. The van der Waals surface area contributed by atoms with E-state index >= 15 is 0 Å². The summed E-state index contributed by atoms with van der Waals surface area (Å²) in [4.78, 5) is 11.9. The first-order valence-corrected chi connectivity index (χ1v) is 8.74. The van der Waals surface area contributed by atoms with Gasteiger partial charge in [0.25, 0.3) is 0 Å². The fraction of sp³-hybridized carbons (Fsp3) is 0.944. The molecular formula is C18H35NO3. The Morgan fingerprint density at radius 1 is 1.05 bits per heavy atom. The van der Waals surface area contributed by atoms with Crippen LogP contribution >= 0.6 is 0 Å². The summed E-state index contributed by atoms with van der Waals surface area (Å²) in [5, 5.41) is 2.95. The van der Waals surface area contributed by atoms with Crippen LogP contribution in [0.25, 0.3) is 0 Å². The SMILES string of the molecule is COCCOCCNC(=O)CC1CCC(CC(C)(C)C)CC1. The minimum Gasteiger partial charge on any atom is -0.382 e. The van der Waals surface area contributed by atoms with Gasteiger partial charge in [0.2, 0.25) is 5.91 Å². The van der Waals surface area contributed by atoms with Crippen LogP contribution in [-0.4, -0.2) is 39.4 Å². The number of ether oxygens (including phenoxy) is 2. The molecule has 0 bridgehead atoms. The predicted octanol–water partition coefficient (Wildman–Crippen LogP) is 3.40. The minimum absolute atomic E-state index is 0.176. The highest BCUT2D eigenvalue weighted by atomic mass is 16.5. The average molecular weight is 313 g/mol. The van der Waals surface area contributed by atoms with Crippen molar-refractivity contribution in [3.05, 3.63) is 0 Å². The third-order valence-electron chi connectivity index (χ3n) is 4.34. The molecule has 1 rings (SSSR count). The zero-order valence-corrected chi connectivity index (χ0v) is 15.0. The van der Waals surface area contributed by atoms with Gasteiger partial charge in [-0.2, -0.15) is 0 Å². The summed E-state index contributed by atoms with van der Waals surface area (Å²) in [5.74, 6) is 1.61. The lowest BCUT2D eigenvalue weighted by molar-refractivity contribution is -0.122. The van der Waals surface area contributed by atoms with Crippen LogP contribution in [0.3, 0.4) is 0 Å². The van der Waals surface area contributed by atoms with Crippen molar-refractivity contribution >= 4 is 5.91 Å². The number of methoxy groups -OCH3 is 1. The number of nitrogens with one attached hydrogen (secondary N) is 1. The van der Waals surface area contributed by atoms with Crippen molar-refractivity contribution in [3.63, 3.8) is 0 Å². The van der Waals surface area contributed by atoms with Gasteiger partial charge >= 0.3 is 0 Å². The fourth-order valence-electron chi connectivity index (χ4n) is 3.35. The van der Waals surface area contributed by atoms with Gasteiger partial charge in [0.1, 0.15) is 0 Å². The second-order valence-electron chi connectivity index (χ2n) is 7.81. The topological polar surface area (TPSA) is 47.6 Å². The Morgan fingerprint density at radius 3 is 2.27 bits per heavy atom. The lowest BCUT2D eigenvalue weighted by Gasteiger charge is -2.32. The van der Waals surface area contributed by atoms with Crippen LogP contribution in [0.2, 0.25) is 0 Å². The summed E-state index contributed by atoms with van der Waals surface area (Å²) in [6.07, 6.45) is 6.98. The van der Waals surface area contributed by atoms with Gasteiger partial charge < -0.3 is 14.8 Å². The van der Waals surface area contributed by atoms with Gasteiger partial charge in [-0.15, -0.1) is 0 Å². The summed E-state index contributed by atoms with van der Waals surface area (Å²) in [6, 6.07) is 0. The first-order valence-electron chi connectivity index (χ1n) is 8.74. The molecule has 0 aliphatic heterocycles. The molecule has 0 unspecified atom stereocenters. The van der Waals surface area contributed by atoms with E-state index < -0.39 is 0 Å². The maximum atomic E-state index is 11.9. The van der Waals surface area contributed by atoms with Gasteiger partial charge in [-0.1, -0.05) is 33.6 Å². The summed E-state index contributed by atoms with van der Waals surface area (Å²) in [6.45, 7) is 9.31. The third-order valence-corrected chi connectivity index (χ3v) is 4.34. The van der Waals surface area contributed by atoms with Crippen molar-refractivity contribution in [3.8, 4) is 0 Å². The molecule has 0 radical (unpaired) electrons. The Hall–Kier alpha value is -0.610. The smallest absolute Gasteiger partial charge is 0.220 e. The van der Waals surface area contributed by atoms with Gasteiger partial charge in [0, 0.05) is 20.1 Å². The van der Waals surface area contributed by atoms with Gasteiger partial charge in [-0.3, -0.25) is 4.79 Å². The third kappa shape index (κ3) is 9.42. The number of amides is 1. The Balaban J connectivity index is 2.07. The first-order chi connectivity index (χ1) is 10.4. The van der Waals surface area contributed by atoms with E-state index in [-0.39, 0.29) is 5.91 Å². The van der Waals surface area contributed by atoms with Crippen LogP contribution in [0.1, 0.15) is 59.3 Å². The number of hydrogen-bond donors (Lipinski definition) is 1. The highest BCUT2D eigenvalue weighted by molar-refractivity contribution is 5.76. The highest BCUT2D eigenvalue weighted by Gasteiger charge is 2.26. The fourth-order valence-corrected chi connectivity index (χ4v) is 3.35. The van der Waals surface area contributed by atoms with Crippen LogP contribution in [0.4, 0.5) is 0 Å². The zero-order chi connectivity index (χ0) is 16.4. The van der Waals surface area contributed by atoms with E-state index in [1.165, 1.54) is 32.1 Å². The molecular weight excluding hydrogens is 278 g/mol. The van der Waals surface area contributed by atoms with E-state index in [1.807, 2.05) is 0 Å². The van der Waals surface area contributed by atoms with Gasteiger partial charge in [-0.05, 0) is 36.5 Å². The molecule has 1 aliphatic rings. The van der Waals surface area contributed by atoms with Crippen molar-refractivity contribution in [1.29, 1.82) is 0 Å². The minimum atomic E-state index is 0.176. The van der Waals surface area contributed by atoms with Crippen LogP contribution in [0, 0.1) is 17.3 Å². The molecule has 0 saturated heterocycles. The lowest BCUT2D eigenvalue weighted by atomic mass is 9.74. The van der Waals surface area contributed by atoms with Crippen LogP contribution < -0.4 is 5.32 Å². The van der Waals surface area contributed by atoms with E-state index in [1.54, 1.807) is 7.11 Å². The van der Waals surface area contributed by atoms with Crippen molar-refractivity contribution in [2.75, 3.05) is 33.5 Å². The molecule has 130 valence electrons. The monoisotopic (exact) mass is 313 g/mol.